The molecule has 0 aliphatic carbocycles. The zero-order valence-electron chi connectivity index (χ0n) is 16.8. The van der Waals surface area contributed by atoms with Crippen molar-refractivity contribution in [3.8, 4) is 0 Å². The summed E-state index contributed by atoms with van der Waals surface area (Å²) < 4.78 is 1.82. The van der Waals surface area contributed by atoms with Crippen LogP contribution in [0.15, 0.2) is 52.4 Å². The number of oxime groups is 1. The summed E-state index contributed by atoms with van der Waals surface area (Å²) in [6.07, 6.45) is 3.61. The largest absolute Gasteiger partial charge is 0.543 e. The fourth-order valence-corrected chi connectivity index (χ4v) is 5.34. The van der Waals surface area contributed by atoms with E-state index in [4.69, 9.17) is 10.6 Å². The first-order chi connectivity index (χ1) is 15.4. The number of aromatic nitrogens is 2. The van der Waals surface area contributed by atoms with E-state index in [1.165, 1.54) is 23.8 Å². The highest BCUT2D eigenvalue weighted by atomic mass is 32.2. The smallest absolute Gasteiger partial charge is 0.276 e. The van der Waals surface area contributed by atoms with Crippen molar-refractivity contribution in [3.05, 3.63) is 52.9 Å². The van der Waals surface area contributed by atoms with Gasteiger partial charge < -0.3 is 25.8 Å². The Kier molecular flexibility index (Phi) is 6.10. The van der Waals surface area contributed by atoms with Crippen LogP contribution in [-0.4, -0.2) is 57.7 Å². The third-order valence-electron chi connectivity index (χ3n) is 4.84. The van der Waals surface area contributed by atoms with Crippen LogP contribution in [0.2, 0.25) is 0 Å². The third-order valence-corrected chi connectivity index (χ3v) is 6.85. The SMILES string of the molecule is CO/N=C(/C(=O)N[C@@H]1C(=O)N2C(C(=O)[O-])=C(C[n+]3ccccc3)CS[C@H]12)c1csc(N)n1. The summed E-state index contributed by atoms with van der Waals surface area (Å²) in [6, 6.07) is 4.58. The van der Waals surface area contributed by atoms with Crippen molar-refractivity contribution in [2.75, 3.05) is 18.6 Å². The van der Waals surface area contributed by atoms with E-state index in [1.54, 1.807) is 17.8 Å². The number of amides is 2. The molecule has 0 spiro atoms. The van der Waals surface area contributed by atoms with E-state index in [9.17, 15) is 19.5 Å². The molecular formula is C19H18N6O5S2. The zero-order chi connectivity index (χ0) is 22.8. The lowest BCUT2D eigenvalue weighted by atomic mass is 10.0. The molecule has 32 heavy (non-hydrogen) atoms. The van der Waals surface area contributed by atoms with Gasteiger partial charge in [0.15, 0.2) is 29.8 Å². The zero-order valence-corrected chi connectivity index (χ0v) is 18.4. The molecule has 2 aliphatic rings. The number of thioether (sulfide) groups is 1. The number of pyridine rings is 1. The van der Waals surface area contributed by atoms with Crippen LogP contribution in [0.25, 0.3) is 0 Å². The van der Waals surface area contributed by atoms with Gasteiger partial charge in [-0.3, -0.25) is 14.5 Å². The normalized spacial score (nSPS) is 20.5. The minimum absolute atomic E-state index is 0.135. The highest BCUT2D eigenvalue weighted by molar-refractivity contribution is 8.00. The molecule has 0 bridgehead atoms. The molecule has 2 aromatic heterocycles. The molecule has 2 aliphatic heterocycles. The van der Waals surface area contributed by atoms with Crippen LogP contribution in [0.4, 0.5) is 5.13 Å². The third kappa shape index (κ3) is 4.03. The van der Waals surface area contributed by atoms with Crippen molar-refractivity contribution in [1.82, 2.24) is 15.2 Å². The predicted octanol–water partition coefficient (Wildman–Crippen LogP) is -1.53. The number of aliphatic carboxylic acids is 1. The number of β-lactam (4-membered cyclic amide) rings is 1. The molecule has 0 unspecified atom stereocenters. The van der Waals surface area contributed by atoms with Gasteiger partial charge in [-0.1, -0.05) is 11.2 Å². The van der Waals surface area contributed by atoms with E-state index < -0.39 is 29.2 Å². The molecule has 2 atom stereocenters. The van der Waals surface area contributed by atoms with E-state index in [0.717, 1.165) is 11.3 Å². The van der Waals surface area contributed by atoms with Gasteiger partial charge in [0.2, 0.25) is 0 Å². The number of hydrogen-bond donors (Lipinski definition) is 2. The topological polar surface area (TPSA) is 154 Å². The van der Waals surface area contributed by atoms with Gasteiger partial charge in [-0.2, -0.15) is 0 Å². The summed E-state index contributed by atoms with van der Waals surface area (Å²) in [4.78, 5) is 47.4. The van der Waals surface area contributed by atoms with Gasteiger partial charge in [-0.25, -0.2) is 9.55 Å². The fraction of sp³-hybridized carbons (Fsp3) is 0.263. The first-order valence-corrected chi connectivity index (χ1v) is 11.3. The Bertz CT molecular complexity index is 1130. The lowest BCUT2D eigenvalue weighted by Crippen LogP contribution is -2.71. The van der Waals surface area contributed by atoms with E-state index >= 15 is 0 Å². The number of anilines is 1. The number of rotatable bonds is 7. The van der Waals surface area contributed by atoms with Gasteiger partial charge in [0, 0.05) is 28.8 Å². The summed E-state index contributed by atoms with van der Waals surface area (Å²) in [6.45, 7) is 0.306. The van der Waals surface area contributed by atoms with Crippen LogP contribution in [0.3, 0.4) is 0 Å². The molecule has 2 amide bonds. The monoisotopic (exact) mass is 474 g/mol. The number of thiazole rings is 1. The second-order valence-corrected chi connectivity index (χ2v) is 8.84. The van der Waals surface area contributed by atoms with Crippen molar-refractivity contribution < 1.29 is 28.9 Å². The average molecular weight is 475 g/mol. The van der Waals surface area contributed by atoms with E-state index in [0.29, 0.717) is 17.9 Å². The first-order valence-electron chi connectivity index (χ1n) is 9.36. The Morgan fingerprint density at radius 1 is 1.41 bits per heavy atom. The van der Waals surface area contributed by atoms with Crippen LogP contribution in [-0.2, 0) is 25.8 Å². The molecule has 1 saturated heterocycles. The summed E-state index contributed by atoms with van der Waals surface area (Å²) in [5.41, 5.74) is 6.10. The summed E-state index contributed by atoms with van der Waals surface area (Å²) in [5, 5.41) is 19.4. The van der Waals surface area contributed by atoms with E-state index in [2.05, 4.69) is 15.5 Å². The van der Waals surface area contributed by atoms with Gasteiger partial charge in [0.1, 0.15) is 24.2 Å². The number of nitrogens with one attached hydrogen (secondary N) is 1. The van der Waals surface area contributed by atoms with Crippen LogP contribution in [0, 0.1) is 0 Å². The maximum atomic E-state index is 12.8. The van der Waals surface area contributed by atoms with Gasteiger partial charge in [0.25, 0.3) is 11.8 Å². The predicted molar refractivity (Wildman–Crippen MR) is 114 cm³/mol. The number of hydrogen-bond acceptors (Lipinski definition) is 10. The Balaban J connectivity index is 1.53. The number of nitrogens with two attached hydrogens (primary N) is 1. The van der Waals surface area contributed by atoms with E-state index in [1.807, 2.05) is 22.8 Å². The lowest BCUT2D eigenvalue weighted by Gasteiger charge is -2.50. The number of nitrogen functional groups attached to an aromatic ring is 1. The van der Waals surface area contributed by atoms with Crippen molar-refractivity contribution in [2.24, 2.45) is 5.16 Å². The molecule has 4 rings (SSSR count). The van der Waals surface area contributed by atoms with Crippen LogP contribution >= 0.6 is 23.1 Å². The van der Waals surface area contributed by atoms with Gasteiger partial charge in [-0.05, 0) is 0 Å². The van der Waals surface area contributed by atoms with Crippen LogP contribution in [0.1, 0.15) is 5.69 Å². The summed E-state index contributed by atoms with van der Waals surface area (Å²) in [5.74, 6) is -2.28. The van der Waals surface area contributed by atoms with E-state index in [-0.39, 0.29) is 22.2 Å². The number of carbonyl (C=O) groups excluding carboxylic acids is 3. The molecule has 13 heteroatoms. The number of carboxylic acid groups (broad SMARTS) is 1. The summed E-state index contributed by atoms with van der Waals surface area (Å²) in [7, 11) is 1.28. The molecule has 2 aromatic rings. The van der Waals surface area contributed by atoms with Crippen LogP contribution < -0.4 is 20.7 Å². The van der Waals surface area contributed by atoms with Gasteiger partial charge in [0.05, 0.1) is 11.7 Å². The van der Waals surface area contributed by atoms with Crippen molar-refractivity contribution >= 4 is 51.7 Å². The first kappa shape index (κ1) is 21.8. The van der Waals surface area contributed by atoms with Gasteiger partial charge >= 0.3 is 0 Å². The fourth-order valence-electron chi connectivity index (χ4n) is 3.46. The molecule has 11 nitrogen and oxygen atoms in total. The molecule has 0 radical (unpaired) electrons. The second-order valence-electron chi connectivity index (χ2n) is 6.84. The molecule has 0 saturated carbocycles. The number of fused-ring (bicyclic) bond motifs is 1. The Hall–Kier alpha value is -3.45. The standard InChI is InChI=1S/C19H18N6O5S2/c1-30-23-12(11-9-32-19(20)21-11)15(26)22-13-16(27)25-14(18(28)29)10(8-31-17(13)25)7-24-5-3-2-4-6-24/h2-6,9,13,17H,7-8H2,1H3,(H3-,20,21,22,26,28,29)/b23-12+/t13-,17-/m1/s1. The highest BCUT2D eigenvalue weighted by Gasteiger charge is 2.53. The minimum Gasteiger partial charge on any atom is -0.543 e. The Morgan fingerprint density at radius 3 is 2.78 bits per heavy atom. The van der Waals surface area contributed by atoms with Gasteiger partial charge in [-0.15, -0.1) is 23.1 Å². The number of nitrogens with zero attached hydrogens (tertiary/aromatic N) is 4. The molecule has 166 valence electrons. The van der Waals surface area contributed by atoms with Crippen LogP contribution in [0.5, 0.6) is 0 Å². The van der Waals surface area contributed by atoms with Crippen molar-refractivity contribution in [1.29, 1.82) is 0 Å². The second kappa shape index (κ2) is 8.96. The highest BCUT2D eigenvalue weighted by Crippen LogP contribution is 2.40. The minimum atomic E-state index is -1.43. The van der Waals surface area contributed by atoms with Crippen molar-refractivity contribution in [2.45, 2.75) is 18.0 Å². The maximum absolute atomic E-state index is 12.8. The average Bonchev–Trinajstić information content (AvgIpc) is 3.21. The number of carbonyl (C=O) groups is 3. The molecular weight excluding hydrogens is 456 g/mol. The molecule has 3 N–H and O–H groups in total. The molecule has 4 heterocycles. The lowest BCUT2D eigenvalue weighted by molar-refractivity contribution is -0.689. The number of carboxylic acids is 1. The molecule has 1 fully saturated rings. The maximum Gasteiger partial charge on any atom is 0.276 e. The Labute approximate surface area is 190 Å². The summed E-state index contributed by atoms with van der Waals surface area (Å²) >= 11 is 2.49. The Morgan fingerprint density at radius 2 is 2.16 bits per heavy atom. The molecule has 0 aromatic carbocycles. The van der Waals surface area contributed by atoms with Crippen molar-refractivity contribution in [3.63, 3.8) is 0 Å². The quantitative estimate of drug-likeness (QED) is 0.212.